The fourth-order valence-electron chi connectivity index (χ4n) is 2.52. The first-order chi connectivity index (χ1) is 14.8. The summed E-state index contributed by atoms with van der Waals surface area (Å²) in [5, 5.41) is 2.44. The summed E-state index contributed by atoms with van der Waals surface area (Å²) in [6.45, 7) is -0.101. The maximum Gasteiger partial charge on any atom is 0.408 e. The molecule has 0 aliphatic carbocycles. The minimum atomic E-state index is -2.97. The third-order valence-electron chi connectivity index (χ3n) is 4.15. The fraction of sp³-hybridized carbons (Fsp3) is 0.318. The average molecular weight is 435 g/mol. The van der Waals surface area contributed by atoms with Gasteiger partial charge in [-0.2, -0.15) is 8.78 Å². The Morgan fingerprint density at radius 2 is 1.58 bits per heavy atom. The molecule has 0 saturated heterocycles. The van der Waals surface area contributed by atoms with Gasteiger partial charge in [-0.05, 0) is 35.7 Å². The highest BCUT2D eigenvalue weighted by atomic mass is 19.3. The van der Waals surface area contributed by atoms with Crippen molar-refractivity contribution in [2.45, 2.75) is 33.1 Å². The number of alkyl halides is 2. The molecule has 0 aromatic heterocycles. The molecule has 31 heavy (non-hydrogen) atoms. The molecule has 1 N–H and O–H groups in total. The minimum Gasteiger partial charge on any atom is -0.456 e. The predicted molar refractivity (Wildman–Crippen MR) is 107 cm³/mol. The van der Waals surface area contributed by atoms with Gasteiger partial charge in [0.1, 0.15) is 18.4 Å². The number of carbonyl (C=O) groups is 3. The van der Waals surface area contributed by atoms with Crippen molar-refractivity contribution in [2.24, 2.45) is 5.92 Å². The largest absolute Gasteiger partial charge is 0.456 e. The number of rotatable bonds is 10. The van der Waals surface area contributed by atoms with Crippen molar-refractivity contribution >= 4 is 17.8 Å². The second-order valence-corrected chi connectivity index (χ2v) is 6.86. The van der Waals surface area contributed by atoms with E-state index in [4.69, 9.17) is 9.47 Å². The number of halogens is 2. The molecule has 2 aromatic rings. The number of amides is 1. The number of nitrogens with one attached hydrogen (secondary N) is 1. The van der Waals surface area contributed by atoms with E-state index in [1.54, 1.807) is 38.1 Å². The number of hydrogen-bond acceptors (Lipinski definition) is 6. The third kappa shape index (κ3) is 8.04. The zero-order chi connectivity index (χ0) is 22.8. The molecule has 0 radical (unpaired) electrons. The van der Waals surface area contributed by atoms with Crippen molar-refractivity contribution in [3.63, 3.8) is 0 Å². The molecule has 7 nitrogen and oxygen atoms in total. The summed E-state index contributed by atoms with van der Waals surface area (Å²) in [5.74, 6) is -1.75. The molecular weight excluding hydrogens is 412 g/mol. The van der Waals surface area contributed by atoms with Crippen molar-refractivity contribution in [2.75, 3.05) is 6.61 Å². The number of benzene rings is 2. The van der Waals surface area contributed by atoms with E-state index >= 15 is 0 Å². The quantitative estimate of drug-likeness (QED) is 0.449. The van der Waals surface area contributed by atoms with Crippen LogP contribution in [0.3, 0.4) is 0 Å². The van der Waals surface area contributed by atoms with Crippen molar-refractivity contribution in [1.82, 2.24) is 5.32 Å². The summed E-state index contributed by atoms with van der Waals surface area (Å²) in [5.41, 5.74) is 0.947. The van der Waals surface area contributed by atoms with Gasteiger partial charge in [-0.3, -0.25) is 4.79 Å². The Morgan fingerprint density at radius 3 is 2.16 bits per heavy atom. The summed E-state index contributed by atoms with van der Waals surface area (Å²) in [6.07, 6.45) is -0.791. The highest BCUT2D eigenvalue weighted by Crippen LogP contribution is 2.15. The van der Waals surface area contributed by atoms with Crippen LogP contribution in [0.1, 0.15) is 29.8 Å². The molecular formula is C22H23F2NO6. The van der Waals surface area contributed by atoms with Gasteiger partial charge >= 0.3 is 18.7 Å². The first-order valence-electron chi connectivity index (χ1n) is 9.48. The van der Waals surface area contributed by atoms with Crippen LogP contribution >= 0.6 is 0 Å². The Kier molecular flexibility index (Phi) is 8.93. The number of esters is 1. The van der Waals surface area contributed by atoms with E-state index in [9.17, 15) is 23.2 Å². The predicted octanol–water partition coefficient (Wildman–Crippen LogP) is 3.96. The molecule has 0 heterocycles. The molecule has 0 unspecified atom stereocenters. The van der Waals surface area contributed by atoms with Crippen LogP contribution in [-0.2, 0) is 20.9 Å². The van der Waals surface area contributed by atoms with Gasteiger partial charge in [-0.15, -0.1) is 0 Å². The lowest BCUT2D eigenvalue weighted by molar-refractivity contribution is -0.146. The van der Waals surface area contributed by atoms with E-state index in [2.05, 4.69) is 10.1 Å². The molecule has 0 saturated carbocycles. The SMILES string of the molecule is CC(C)[C@@H](NC(=O)OCc1ccccc1)C(=O)OCC(=O)c1ccc(OC(F)F)cc1. The van der Waals surface area contributed by atoms with E-state index < -0.39 is 37.1 Å². The lowest BCUT2D eigenvalue weighted by Gasteiger charge is -2.20. The van der Waals surface area contributed by atoms with Crippen molar-refractivity contribution in [3.8, 4) is 5.75 Å². The Bertz CT molecular complexity index is 871. The molecule has 0 bridgehead atoms. The van der Waals surface area contributed by atoms with Crippen LogP contribution in [0.25, 0.3) is 0 Å². The number of hydrogen-bond donors (Lipinski definition) is 1. The van der Waals surface area contributed by atoms with E-state index in [1.807, 2.05) is 6.07 Å². The highest BCUT2D eigenvalue weighted by Gasteiger charge is 2.27. The molecule has 9 heteroatoms. The van der Waals surface area contributed by atoms with Crippen molar-refractivity contribution in [1.29, 1.82) is 0 Å². The van der Waals surface area contributed by atoms with Crippen LogP contribution in [0, 0.1) is 5.92 Å². The van der Waals surface area contributed by atoms with Gasteiger partial charge in [0.05, 0.1) is 0 Å². The van der Waals surface area contributed by atoms with Gasteiger partial charge < -0.3 is 19.5 Å². The standard InChI is InChI=1S/C22H23F2NO6/c1-14(2)19(25-22(28)30-12-15-6-4-3-5-7-15)20(27)29-13-18(26)16-8-10-17(11-9-16)31-21(23)24/h3-11,14,19,21H,12-13H2,1-2H3,(H,25,28)/t19-/m1/s1. The molecule has 0 spiro atoms. The lowest BCUT2D eigenvalue weighted by atomic mass is 10.1. The summed E-state index contributed by atoms with van der Waals surface area (Å²) >= 11 is 0. The van der Waals surface area contributed by atoms with Crippen molar-refractivity contribution < 1.29 is 37.4 Å². The molecule has 1 atom stereocenters. The van der Waals surface area contributed by atoms with Crippen LogP contribution < -0.4 is 10.1 Å². The van der Waals surface area contributed by atoms with E-state index in [1.165, 1.54) is 24.3 Å². The first-order valence-corrected chi connectivity index (χ1v) is 9.48. The molecule has 166 valence electrons. The normalized spacial score (nSPS) is 11.7. The van der Waals surface area contributed by atoms with Crippen LogP contribution in [0.5, 0.6) is 5.75 Å². The summed E-state index contributed by atoms with van der Waals surface area (Å²) in [6, 6.07) is 13.0. The summed E-state index contributed by atoms with van der Waals surface area (Å²) < 4.78 is 38.7. The van der Waals surface area contributed by atoms with Gasteiger partial charge in [-0.25, -0.2) is 9.59 Å². The molecule has 0 aliphatic heterocycles. The molecule has 0 fully saturated rings. The van der Waals surface area contributed by atoms with E-state index in [-0.39, 0.29) is 23.8 Å². The monoisotopic (exact) mass is 435 g/mol. The molecule has 2 aromatic carbocycles. The van der Waals surface area contributed by atoms with E-state index in [0.29, 0.717) is 0 Å². The maximum absolute atomic E-state index is 12.4. The Hall–Kier alpha value is -3.49. The van der Waals surface area contributed by atoms with Gasteiger partial charge in [-0.1, -0.05) is 44.2 Å². The highest BCUT2D eigenvalue weighted by molar-refractivity contribution is 5.98. The molecule has 0 aliphatic rings. The zero-order valence-electron chi connectivity index (χ0n) is 17.0. The van der Waals surface area contributed by atoms with Crippen LogP contribution in [0.4, 0.5) is 13.6 Å². The maximum atomic E-state index is 12.4. The smallest absolute Gasteiger partial charge is 0.408 e. The van der Waals surface area contributed by atoms with Crippen molar-refractivity contribution in [3.05, 3.63) is 65.7 Å². The summed E-state index contributed by atoms with van der Waals surface area (Å²) in [4.78, 5) is 36.6. The number of alkyl carbamates (subject to hydrolysis) is 1. The van der Waals surface area contributed by atoms with Crippen LogP contribution in [0.2, 0.25) is 0 Å². The Morgan fingerprint density at radius 1 is 0.935 bits per heavy atom. The van der Waals surface area contributed by atoms with Crippen LogP contribution in [0.15, 0.2) is 54.6 Å². The van der Waals surface area contributed by atoms with E-state index in [0.717, 1.165) is 5.56 Å². The van der Waals surface area contributed by atoms with Gasteiger partial charge in [0.25, 0.3) is 0 Å². The average Bonchev–Trinajstić information content (AvgIpc) is 2.74. The Balaban J connectivity index is 1.85. The topological polar surface area (TPSA) is 90.9 Å². The Labute approximate surface area is 178 Å². The van der Waals surface area contributed by atoms with Gasteiger partial charge in [0.15, 0.2) is 12.4 Å². The second-order valence-electron chi connectivity index (χ2n) is 6.86. The van der Waals surface area contributed by atoms with Crippen LogP contribution in [-0.4, -0.2) is 37.1 Å². The number of ketones is 1. The zero-order valence-corrected chi connectivity index (χ0v) is 17.0. The first kappa shape index (κ1) is 23.8. The molecule has 1 amide bonds. The number of Topliss-reactive ketones (excluding diaryl/α,β-unsaturated/α-hetero) is 1. The van der Waals surface area contributed by atoms with Gasteiger partial charge in [0.2, 0.25) is 0 Å². The minimum absolute atomic E-state index is 0.0380. The lowest BCUT2D eigenvalue weighted by Crippen LogP contribution is -2.45. The molecule has 2 rings (SSSR count). The third-order valence-corrected chi connectivity index (χ3v) is 4.15. The van der Waals surface area contributed by atoms with Gasteiger partial charge in [0, 0.05) is 5.56 Å². The number of ether oxygens (including phenoxy) is 3. The fourth-order valence-corrected chi connectivity index (χ4v) is 2.52. The second kappa shape index (κ2) is 11.6. The number of carbonyl (C=O) groups excluding carboxylic acids is 3. The summed E-state index contributed by atoms with van der Waals surface area (Å²) in [7, 11) is 0.